The molecule has 152 valence electrons. The van der Waals surface area contributed by atoms with Gasteiger partial charge >= 0.3 is 5.97 Å². The van der Waals surface area contributed by atoms with Crippen LogP contribution < -0.4 is 0 Å². The molecule has 5 rings (SSSR count). The van der Waals surface area contributed by atoms with Crippen LogP contribution in [0.5, 0.6) is 0 Å². The molecular weight excluding hydrogens is 457 g/mol. The van der Waals surface area contributed by atoms with E-state index in [-0.39, 0.29) is 5.56 Å². The van der Waals surface area contributed by atoms with Crippen LogP contribution in [0, 0.1) is 0 Å². The maximum atomic E-state index is 12.1. The van der Waals surface area contributed by atoms with E-state index in [0.29, 0.717) is 48.7 Å². The number of pyridine rings is 1. The van der Waals surface area contributed by atoms with Crippen LogP contribution in [0.2, 0.25) is 15.1 Å². The number of hydrogen-bond donors (Lipinski definition) is 1. The van der Waals surface area contributed by atoms with E-state index in [1.807, 2.05) is 36.4 Å². The summed E-state index contributed by atoms with van der Waals surface area (Å²) in [5.74, 6) is -0.158. The van der Waals surface area contributed by atoms with E-state index in [0.717, 1.165) is 10.8 Å². The molecule has 0 radical (unpaired) electrons. The van der Waals surface area contributed by atoms with E-state index < -0.39 is 5.97 Å². The molecule has 0 unspecified atom stereocenters. The Kier molecular flexibility index (Phi) is 4.86. The molecule has 2 aromatic heterocycles. The van der Waals surface area contributed by atoms with Crippen molar-refractivity contribution in [1.82, 2.24) is 4.98 Å². The normalized spacial score (nSPS) is 11.3. The third kappa shape index (κ3) is 3.43. The zero-order valence-corrected chi connectivity index (χ0v) is 18.0. The molecule has 4 nitrogen and oxygen atoms in total. The summed E-state index contributed by atoms with van der Waals surface area (Å²) in [5.41, 5.74) is 1.71. The Balaban J connectivity index is 1.69. The lowest BCUT2D eigenvalue weighted by atomic mass is 10.00. The maximum absolute atomic E-state index is 12.1. The summed E-state index contributed by atoms with van der Waals surface area (Å²) in [6.07, 6.45) is 0. The van der Waals surface area contributed by atoms with Crippen LogP contribution in [0.3, 0.4) is 0 Å². The van der Waals surface area contributed by atoms with Crippen LogP contribution in [0.4, 0.5) is 0 Å². The average Bonchev–Trinajstić information content (AvgIpc) is 3.25. The highest BCUT2D eigenvalue weighted by atomic mass is 35.5. The van der Waals surface area contributed by atoms with Crippen molar-refractivity contribution in [3.05, 3.63) is 87.4 Å². The Bertz CT molecular complexity index is 1510. The van der Waals surface area contributed by atoms with E-state index in [2.05, 4.69) is 4.98 Å². The Morgan fingerprint density at radius 1 is 0.839 bits per heavy atom. The predicted octanol–water partition coefficient (Wildman–Crippen LogP) is 7.97. The number of halogens is 3. The van der Waals surface area contributed by atoms with Crippen LogP contribution in [0.15, 0.2) is 71.1 Å². The molecule has 5 aromatic rings. The molecule has 0 atom stereocenters. The van der Waals surface area contributed by atoms with Crippen molar-refractivity contribution in [2.45, 2.75) is 0 Å². The SMILES string of the molecule is O=C(O)c1cc(-c2ccc(-c3cc(Cl)c(Cl)cc3Cl)o2)nc2ccc3ccccc3c12. The molecule has 0 aliphatic rings. The quantitative estimate of drug-likeness (QED) is 0.215. The van der Waals surface area contributed by atoms with Gasteiger partial charge in [0.2, 0.25) is 0 Å². The van der Waals surface area contributed by atoms with Crippen molar-refractivity contribution in [1.29, 1.82) is 0 Å². The summed E-state index contributed by atoms with van der Waals surface area (Å²) in [5, 5.41) is 13.3. The van der Waals surface area contributed by atoms with Gasteiger partial charge in [0.15, 0.2) is 5.76 Å². The summed E-state index contributed by atoms with van der Waals surface area (Å²) >= 11 is 18.4. The number of aromatic carboxylic acids is 1. The molecule has 0 saturated carbocycles. The third-order valence-electron chi connectivity index (χ3n) is 5.06. The lowest BCUT2D eigenvalue weighted by Crippen LogP contribution is -2.00. The molecule has 3 aromatic carbocycles. The van der Waals surface area contributed by atoms with Crippen LogP contribution in [-0.4, -0.2) is 16.1 Å². The van der Waals surface area contributed by atoms with Crippen LogP contribution in [0.1, 0.15) is 10.4 Å². The number of nitrogens with zero attached hydrogens (tertiary/aromatic N) is 1. The monoisotopic (exact) mass is 467 g/mol. The molecule has 0 spiro atoms. The van der Waals surface area contributed by atoms with E-state index in [1.54, 1.807) is 24.3 Å². The van der Waals surface area contributed by atoms with Gasteiger partial charge in [-0.15, -0.1) is 0 Å². The van der Waals surface area contributed by atoms with E-state index in [9.17, 15) is 9.90 Å². The topological polar surface area (TPSA) is 63.3 Å². The molecule has 2 heterocycles. The number of benzene rings is 3. The second-order valence-electron chi connectivity index (χ2n) is 6.95. The Morgan fingerprint density at radius 3 is 2.39 bits per heavy atom. The highest BCUT2D eigenvalue weighted by Gasteiger charge is 2.18. The van der Waals surface area contributed by atoms with E-state index in [1.165, 1.54) is 6.07 Å². The van der Waals surface area contributed by atoms with Crippen LogP contribution in [-0.2, 0) is 0 Å². The lowest BCUT2D eigenvalue weighted by Gasteiger charge is -2.09. The van der Waals surface area contributed by atoms with Gasteiger partial charge in [0, 0.05) is 10.9 Å². The summed E-state index contributed by atoms with van der Waals surface area (Å²) in [6.45, 7) is 0. The third-order valence-corrected chi connectivity index (χ3v) is 6.10. The maximum Gasteiger partial charge on any atom is 0.336 e. The van der Waals surface area contributed by atoms with Gasteiger partial charge < -0.3 is 9.52 Å². The fraction of sp³-hybridized carbons (Fsp3) is 0. The minimum Gasteiger partial charge on any atom is -0.478 e. The molecule has 1 N–H and O–H groups in total. The number of hydrogen-bond acceptors (Lipinski definition) is 3. The first-order valence-corrected chi connectivity index (χ1v) is 10.4. The minimum atomic E-state index is -1.04. The molecule has 0 fully saturated rings. The van der Waals surface area contributed by atoms with Crippen molar-refractivity contribution in [2.24, 2.45) is 0 Å². The second kappa shape index (κ2) is 7.57. The fourth-order valence-electron chi connectivity index (χ4n) is 3.63. The molecule has 0 aliphatic carbocycles. The van der Waals surface area contributed by atoms with Gasteiger partial charge in [-0.05, 0) is 47.2 Å². The minimum absolute atomic E-state index is 0.155. The molecule has 0 saturated heterocycles. The van der Waals surface area contributed by atoms with Gasteiger partial charge in [-0.25, -0.2) is 9.78 Å². The number of fused-ring (bicyclic) bond motifs is 3. The summed E-state index contributed by atoms with van der Waals surface area (Å²) in [4.78, 5) is 16.7. The first-order valence-electron chi connectivity index (χ1n) is 9.23. The van der Waals surface area contributed by atoms with Crippen molar-refractivity contribution in [3.8, 4) is 22.8 Å². The molecular formula is C24H12Cl3NO3. The fourth-order valence-corrected chi connectivity index (χ4v) is 4.27. The summed E-state index contributed by atoms with van der Waals surface area (Å²) in [7, 11) is 0. The number of rotatable bonds is 3. The highest BCUT2D eigenvalue weighted by Crippen LogP contribution is 2.38. The van der Waals surface area contributed by atoms with Crippen molar-refractivity contribution >= 4 is 62.4 Å². The Labute approximate surface area is 191 Å². The van der Waals surface area contributed by atoms with Gasteiger partial charge in [-0.1, -0.05) is 65.1 Å². The van der Waals surface area contributed by atoms with Gasteiger partial charge in [-0.3, -0.25) is 0 Å². The number of carbonyl (C=O) groups is 1. The van der Waals surface area contributed by atoms with Gasteiger partial charge in [0.25, 0.3) is 0 Å². The highest BCUT2D eigenvalue weighted by molar-refractivity contribution is 6.44. The van der Waals surface area contributed by atoms with Crippen molar-refractivity contribution in [3.63, 3.8) is 0 Å². The summed E-state index contributed by atoms with van der Waals surface area (Å²) < 4.78 is 5.96. The van der Waals surface area contributed by atoms with Crippen molar-refractivity contribution in [2.75, 3.05) is 0 Å². The molecule has 0 bridgehead atoms. The predicted molar refractivity (Wildman–Crippen MR) is 124 cm³/mol. The van der Waals surface area contributed by atoms with E-state index >= 15 is 0 Å². The van der Waals surface area contributed by atoms with Gasteiger partial charge in [-0.2, -0.15) is 0 Å². The first kappa shape index (κ1) is 19.9. The lowest BCUT2D eigenvalue weighted by molar-refractivity contribution is 0.0699. The number of aromatic nitrogens is 1. The first-order chi connectivity index (χ1) is 14.9. The standard InChI is InChI=1S/C24H12Cl3NO3/c25-16-11-18(27)17(26)9-14(16)21-7-8-22(31-21)20-10-15(24(29)30)23-13-4-2-1-3-12(13)5-6-19(23)28-20/h1-11H,(H,29,30). The molecule has 31 heavy (non-hydrogen) atoms. The van der Waals surface area contributed by atoms with Crippen LogP contribution in [0.25, 0.3) is 44.5 Å². The largest absolute Gasteiger partial charge is 0.478 e. The van der Waals surface area contributed by atoms with Gasteiger partial charge in [0.1, 0.15) is 11.5 Å². The Hall–Kier alpha value is -3.05. The second-order valence-corrected chi connectivity index (χ2v) is 8.17. The average molecular weight is 469 g/mol. The number of carboxylic acids is 1. The van der Waals surface area contributed by atoms with E-state index in [4.69, 9.17) is 39.2 Å². The van der Waals surface area contributed by atoms with Gasteiger partial charge in [0.05, 0.1) is 26.1 Å². The smallest absolute Gasteiger partial charge is 0.336 e. The zero-order chi connectivity index (χ0) is 21.7. The Morgan fingerprint density at radius 2 is 1.58 bits per heavy atom. The molecule has 0 amide bonds. The number of carboxylic acid groups (broad SMARTS) is 1. The zero-order valence-electron chi connectivity index (χ0n) is 15.7. The molecule has 7 heteroatoms. The number of furan rings is 1. The van der Waals surface area contributed by atoms with Crippen molar-refractivity contribution < 1.29 is 14.3 Å². The summed E-state index contributed by atoms with van der Waals surface area (Å²) in [6, 6.07) is 19.5. The molecule has 0 aliphatic heterocycles. The van der Waals surface area contributed by atoms with Crippen LogP contribution >= 0.6 is 34.8 Å².